The molecule has 0 radical (unpaired) electrons. The van der Waals surface area contributed by atoms with Crippen LogP contribution in [-0.4, -0.2) is 90.6 Å². The van der Waals surface area contributed by atoms with E-state index < -0.39 is 71.6 Å². The van der Waals surface area contributed by atoms with Crippen LogP contribution < -0.4 is 49.1 Å². The summed E-state index contributed by atoms with van der Waals surface area (Å²) in [7, 11) is 0. The molecule has 0 aromatic rings. The maximum absolute atomic E-state index is 13.1. The molecule has 12 N–H and O–H groups in total. The van der Waals surface area contributed by atoms with E-state index in [2.05, 4.69) is 36.9 Å². The van der Waals surface area contributed by atoms with Crippen molar-refractivity contribution >= 4 is 47.3 Å². The smallest absolute Gasteiger partial charge is 0.243 e. The molecule has 0 unspecified atom stereocenters. The Morgan fingerprint density at radius 3 is 2.07 bits per heavy atom. The van der Waals surface area contributed by atoms with E-state index in [4.69, 9.17) is 17.2 Å². The first-order valence-electron chi connectivity index (χ1n) is 13.3. The summed E-state index contributed by atoms with van der Waals surface area (Å²) in [6.07, 6.45) is 0.590. The number of hydrogen-bond acceptors (Lipinski definition) is 8. The molecular formula is C24H42N10O7. The molecule has 1 fully saturated rings. The molecular weight excluding hydrogens is 540 g/mol. The lowest BCUT2D eigenvalue weighted by atomic mass is 10.1. The highest BCUT2D eigenvalue weighted by atomic mass is 16.2. The fourth-order valence-corrected chi connectivity index (χ4v) is 3.82. The molecule has 1 saturated heterocycles. The van der Waals surface area contributed by atoms with Gasteiger partial charge in [0.1, 0.15) is 30.2 Å². The summed E-state index contributed by atoms with van der Waals surface area (Å²) >= 11 is 0. The summed E-state index contributed by atoms with van der Waals surface area (Å²) in [5, 5.41) is 15.1. The van der Waals surface area contributed by atoms with Gasteiger partial charge < -0.3 is 49.1 Å². The van der Waals surface area contributed by atoms with E-state index in [1.165, 1.54) is 20.8 Å². The van der Waals surface area contributed by atoms with E-state index >= 15 is 0 Å². The SMILES string of the molecule is CC(=O)N[C@H]1CCCNC(=O)CC[C@@H](C(N)=O)NC(=O)[C@H](C)NC(=O)[C@H](CCCN=C(N)N)NC(=O)[C@H](C)NC1=O. The number of primary amides is 1. The van der Waals surface area contributed by atoms with E-state index in [9.17, 15) is 33.6 Å². The highest BCUT2D eigenvalue weighted by Gasteiger charge is 2.29. The van der Waals surface area contributed by atoms with Crippen molar-refractivity contribution in [3.8, 4) is 0 Å². The Kier molecular flexibility index (Phi) is 14.6. The quantitative estimate of drug-likeness (QED) is 0.0830. The first kappa shape index (κ1) is 34.6. The molecule has 1 rings (SSSR count). The molecule has 230 valence electrons. The Bertz CT molecular complexity index is 1010. The highest BCUT2D eigenvalue weighted by molar-refractivity contribution is 5.96. The van der Waals surface area contributed by atoms with Crippen molar-refractivity contribution in [2.75, 3.05) is 13.1 Å². The molecule has 1 aliphatic heterocycles. The molecule has 41 heavy (non-hydrogen) atoms. The number of hydrogen-bond donors (Lipinski definition) is 9. The van der Waals surface area contributed by atoms with Crippen LogP contribution >= 0.6 is 0 Å². The lowest BCUT2D eigenvalue weighted by molar-refractivity contribution is -0.134. The predicted molar refractivity (Wildman–Crippen MR) is 147 cm³/mol. The standard InChI is InChI=1S/C24H42N10O7/c1-12-20(38)33-15(19(25)37)8-9-18(36)28-10-4-6-16(32-14(3)35)22(40)30-13(2)21(39)34-17(23(41)31-12)7-5-11-29-24(26)27/h12-13,15-17H,4-11H2,1-3H3,(H2,25,37)(H,28,36)(H,30,40)(H,31,41)(H,32,35)(H,33,38)(H,34,39)(H4,26,27,29)/t12-,13-,15-,16-,17-/m0/s1. The first-order chi connectivity index (χ1) is 19.2. The van der Waals surface area contributed by atoms with Crippen molar-refractivity contribution in [2.45, 2.75) is 89.5 Å². The number of guanidine groups is 1. The van der Waals surface area contributed by atoms with Gasteiger partial charge in [-0.15, -0.1) is 0 Å². The Hall–Kier alpha value is -4.44. The zero-order valence-electron chi connectivity index (χ0n) is 23.6. The molecule has 1 heterocycles. The number of nitrogens with two attached hydrogens (primary N) is 3. The fourth-order valence-electron chi connectivity index (χ4n) is 3.82. The van der Waals surface area contributed by atoms with Gasteiger partial charge >= 0.3 is 0 Å². The highest BCUT2D eigenvalue weighted by Crippen LogP contribution is 2.04. The van der Waals surface area contributed by atoms with Crippen LogP contribution in [0.3, 0.4) is 0 Å². The molecule has 17 heteroatoms. The van der Waals surface area contributed by atoms with Crippen molar-refractivity contribution in [1.29, 1.82) is 0 Å². The van der Waals surface area contributed by atoms with Crippen LogP contribution in [0.15, 0.2) is 4.99 Å². The minimum atomic E-state index is -1.18. The maximum Gasteiger partial charge on any atom is 0.243 e. The Labute approximate surface area is 237 Å². The number of carbonyl (C=O) groups is 7. The van der Waals surface area contributed by atoms with Gasteiger partial charge in [-0.3, -0.25) is 38.6 Å². The van der Waals surface area contributed by atoms with Crippen molar-refractivity contribution in [3.63, 3.8) is 0 Å². The van der Waals surface area contributed by atoms with E-state index in [1.807, 2.05) is 0 Å². The van der Waals surface area contributed by atoms with Crippen molar-refractivity contribution in [2.24, 2.45) is 22.2 Å². The molecule has 7 amide bonds. The Morgan fingerprint density at radius 1 is 0.878 bits per heavy atom. The van der Waals surface area contributed by atoms with E-state index in [0.717, 1.165) is 0 Å². The maximum atomic E-state index is 13.1. The zero-order chi connectivity index (χ0) is 31.1. The topological polar surface area (TPSA) is 282 Å². The molecule has 0 aromatic carbocycles. The minimum Gasteiger partial charge on any atom is -0.370 e. The average Bonchev–Trinajstić information content (AvgIpc) is 2.88. The van der Waals surface area contributed by atoms with Gasteiger partial charge in [-0.2, -0.15) is 0 Å². The fraction of sp³-hybridized carbons (Fsp3) is 0.667. The molecule has 0 aromatic heterocycles. The summed E-state index contributed by atoms with van der Waals surface area (Å²) in [4.78, 5) is 91.1. The van der Waals surface area contributed by atoms with Crippen LogP contribution in [0.1, 0.15) is 59.3 Å². The van der Waals surface area contributed by atoms with E-state index in [0.29, 0.717) is 6.42 Å². The number of nitrogens with one attached hydrogen (secondary N) is 6. The third kappa shape index (κ3) is 13.5. The summed E-state index contributed by atoms with van der Waals surface area (Å²) in [5.74, 6) is -4.68. The summed E-state index contributed by atoms with van der Waals surface area (Å²) in [5.41, 5.74) is 16.0. The molecule has 17 nitrogen and oxygen atoms in total. The third-order valence-corrected chi connectivity index (χ3v) is 6.09. The van der Waals surface area contributed by atoms with Crippen LogP contribution in [0.4, 0.5) is 0 Å². The lowest BCUT2D eigenvalue weighted by Gasteiger charge is -2.25. The molecule has 0 spiro atoms. The van der Waals surface area contributed by atoms with E-state index in [1.54, 1.807) is 0 Å². The van der Waals surface area contributed by atoms with Crippen LogP contribution in [0.2, 0.25) is 0 Å². The monoisotopic (exact) mass is 582 g/mol. The van der Waals surface area contributed by atoms with Gasteiger partial charge in [0.2, 0.25) is 41.4 Å². The average molecular weight is 583 g/mol. The van der Waals surface area contributed by atoms with Crippen molar-refractivity contribution in [1.82, 2.24) is 31.9 Å². The largest absolute Gasteiger partial charge is 0.370 e. The van der Waals surface area contributed by atoms with Gasteiger partial charge in [0.25, 0.3) is 0 Å². The number of carbonyl (C=O) groups excluding carboxylic acids is 7. The first-order valence-corrected chi connectivity index (χ1v) is 13.3. The molecule has 5 atom stereocenters. The van der Waals surface area contributed by atoms with E-state index in [-0.39, 0.29) is 51.2 Å². The Morgan fingerprint density at radius 2 is 1.49 bits per heavy atom. The van der Waals surface area contributed by atoms with Gasteiger partial charge in [0.15, 0.2) is 5.96 Å². The summed E-state index contributed by atoms with van der Waals surface area (Å²) in [6, 6.07) is -5.55. The molecule has 1 aliphatic rings. The van der Waals surface area contributed by atoms with Gasteiger partial charge in [-0.05, 0) is 46.0 Å². The predicted octanol–water partition coefficient (Wildman–Crippen LogP) is -4.30. The van der Waals surface area contributed by atoms with Crippen LogP contribution in [-0.2, 0) is 33.6 Å². The van der Waals surface area contributed by atoms with Gasteiger partial charge in [-0.25, -0.2) is 0 Å². The molecule has 0 aliphatic carbocycles. The second-order valence-corrected chi connectivity index (χ2v) is 9.72. The van der Waals surface area contributed by atoms with Crippen molar-refractivity contribution < 1.29 is 33.6 Å². The van der Waals surface area contributed by atoms with Gasteiger partial charge in [0, 0.05) is 26.4 Å². The molecule has 0 saturated carbocycles. The normalized spacial score (nSPS) is 25.7. The van der Waals surface area contributed by atoms with Crippen molar-refractivity contribution in [3.05, 3.63) is 0 Å². The number of aliphatic imine (C=N–C) groups is 1. The molecule has 0 bridgehead atoms. The number of rotatable bonds is 6. The summed E-state index contributed by atoms with van der Waals surface area (Å²) < 4.78 is 0. The number of nitrogens with zero attached hydrogens (tertiary/aromatic N) is 1. The van der Waals surface area contributed by atoms with Gasteiger partial charge in [0.05, 0.1) is 0 Å². The third-order valence-electron chi connectivity index (χ3n) is 6.09. The minimum absolute atomic E-state index is 0.0803. The van der Waals surface area contributed by atoms with Gasteiger partial charge in [-0.1, -0.05) is 0 Å². The van der Waals surface area contributed by atoms with Crippen LogP contribution in [0, 0.1) is 0 Å². The second-order valence-electron chi connectivity index (χ2n) is 9.72. The summed E-state index contributed by atoms with van der Waals surface area (Å²) in [6.45, 7) is 4.34. The zero-order valence-corrected chi connectivity index (χ0v) is 23.6. The second kappa shape index (κ2) is 17.3. The van der Waals surface area contributed by atoms with Crippen LogP contribution in [0.25, 0.3) is 0 Å². The van der Waals surface area contributed by atoms with Crippen LogP contribution in [0.5, 0.6) is 0 Å². The number of amides is 7. The Balaban J connectivity index is 3.20. The lowest BCUT2D eigenvalue weighted by Crippen LogP contribution is -2.58.